The zero-order valence-electron chi connectivity index (χ0n) is 10.4. The first-order valence-electron chi connectivity index (χ1n) is 5.47. The van der Waals surface area contributed by atoms with Crippen molar-refractivity contribution in [3.05, 3.63) is 29.8 Å². The minimum atomic E-state index is -1.03. The molecular weight excluding hydrogens is 250 g/mol. The molecule has 0 saturated carbocycles. The molecule has 0 aromatic heterocycles. The molecule has 0 spiro atoms. The van der Waals surface area contributed by atoms with E-state index in [4.69, 9.17) is 11.5 Å². The molecule has 2 amide bonds. The van der Waals surface area contributed by atoms with E-state index in [0.29, 0.717) is 11.3 Å². The van der Waals surface area contributed by atoms with Crippen LogP contribution in [0, 0.1) is 0 Å². The molecule has 19 heavy (non-hydrogen) atoms. The second-order valence-corrected chi connectivity index (χ2v) is 3.84. The Labute approximate surface area is 109 Å². The lowest BCUT2D eigenvalue weighted by atomic mass is 10.1. The van der Waals surface area contributed by atoms with Gasteiger partial charge in [0.15, 0.2) is 0 Å². The van der Waals surface area contributed by atoms with Gasteiger partial charge in [0.25, 0.3) is 0 Å². The van der Waals surface area contributed by atoms with Crippen molar-refractivity contribution in [3.8, 4) is 0 Å². The third-order valence-corrected chi connectivity index (χ3v) is 2.31. The Morgan fingerprint density at radius 1 is 1.37 bits per heavy atom. The summed E-state index contributed by atoms with van der Waals surface area (Å²) in [6, 6.07) is 5.13. The Morgan fingerprint density at radius 2 is 2.05 bits per heavy atom. The molecule has 0 saturated heterocycles. The normalized spacial score (nSPS) is 11.5. The molecule has 0 aliphatic rings. The third kappa shape index (κ3) is 4.40. The molecule has 0 bridgehead atoms. The topological polar surface area (TPSA) is 125 Å². The van der Waals surface area contributed by atoms with Gasteiger partial charge in [-0.15, -0.1) is 0 Å². The van der Waals surface area contributed by atoms with Gasteiger partial charge in [-0.1, -0.05) is 6.07 Å². The van der Waals surface area contributed by atoms with E-state index in [9.17, 15) is 14.4 Å². The van der Waals surface area contributed by atoms with Crippen LogP contribution in [0.1, 0.15) is 16.8 Å². The average molecular weight is 265 g/mol. The predicted molar refractivity (Wildman–Crippen MR) is 68.2 cm³/mol. The predicted octanol–water partition coefficient (Wildman–Crippen LogP) is -0.386. The van der Waals surface area contributed by atoms with Gasteiger partial charge in [0.05, 0.1) is 25.1 Å². The van der Waals surface area contributed by atoms with Crippen molar-refractivity contribution in [2.75, 3.05) is 12.4 Å². The standard InChI is InChI=1S/C12H15N3O4/c1-19-12(18)7-3-2-4-8(5-7)15-11(17)9(13)6-10(14)16/h2-5,9H,6,13H2,1H3,(H2,14,16)(H,15,17). The molecule has 102 valence electrons. The summed E-state index contributed by atoms with van der Waals surface area (Å²) in [7, 11) is 1.26. The van der Waals surface area contributed by atoms with E-state index in [1.807, 2.05) is 0 Å². The van der Waals surface area contributed by atoms with Crippen LogP contribution < -0.4 is 16.8 Å². The Morgan fingerprint density at radius 3 is 2.63 bits per heavy atom. The Kier molecular flexibility index (Phi) is 5.01. The lowest BCUT2D eigenvalue weighted by Gasteiger charge is -2.11. The van der Waals surface area contributed by atoms with Gasteiger partial charge in [-0.25, -0.2) is 4.79 Å². The first kappa shape index (κ1) is 14.7. The average Bonchev–Trinajstić information content (AvgIpc) is 2.37. The summed E-state index contributed by atoms with van der Waals surface area (Å²) < 4.78 is 4.56. The van der Waals surface area contributed by atoms with Crippen LogP contribution in [0.15, 0.2) is 24.3 Å². The molecule has 0 aliphatic carbocycles. The van der Waals surface area contributed by atoms with Crippen molar-refractivity contribution < 1.29 is 19.1 Å². The Balaban J connectivity index is 2.74. The molecule has 7 heteroatoms. The second kappa shape index (κ2) is 6.50. The van der Waals surface area contributed by atoms with Crippen molar-refractivity contribution >= 4 is 23.5 Å². The number of hydrogen-bond donors (Lipinski definition) is 3. The highest BCUT2D eigenvalue weighted by Gasteiger charge is 2.16. The molecule has 5 N–H and O–H groups in total. The van der Waals surface area contributed by atoms with Crippen LogP contribution in [0.3, 0.4) is 0 Å². The van der Waals surface area contributed by atoms with Crippen molar-refractivity contribution in [2.24, 2.45) is 11.5 Å². The van der Waals surface area contributed by atoms with Crippen LogP contribution in [0.5, 0.6) is 0 Å². The number of anilines is 1. The molecule has 0 heterocycles. The molecule has 0 aliphatic heterocycles. The van der Waals surface area contributed by atoms with Gasteiger partial charge in [-0.2, -0.15) is 0 Å². The number of amides is 2. The zero-order valence-corrected chi connectivity index (χ0v) is 10.4. The number of benzene rings is 1. The minimum Gasteiger partial charge on any atom is -0.465 e. The highest BCUT2D eigenvalue weighted by Crippen LogP contribution is 2.12. The molecule has 7 nitrogen and oxygen atoms in total. The summed E-state index contributed by atoms with van der Waals surface area (Å²) in [6.07, 6.45) is -0.247. The molecule has 0 radical (unpaired) electrons. The number of rotatable bonds is 5. The van der Waals surface area contributed by atoms with Gasteiger partial charge >= 0.3 is 5.97 Å². The summed E-state index contributed by atoms with van der Waals surface area (Å²) in [5.74, 6) is -1.73. The summed E-state index contributed by atoms with van der Waals surface area (Å²) in [5.41, 5.74) is 11.1. The monoisotopic (exact) mass is 265 g/mol. The fourth-order valence-electron chi connectivity index (χ4n) is 1.39. The fourth-order valence-corrected chi connectivity index (χ4v) is 1.39. The fraction of sp³-hybridized carbons (Fsp3) is 0.250. The van der Waals surface area contributed by atoms with Crippen molar-refractivity contribution in [2.45, 2.75) is 12.5 Å². The van der Waals surface area contributed by atoms with E-state index >= 15 is 0 Å². The van der Waals surface area contributed by atoms with Crippen molar-refractivity contribution in [1.29, 1.82) is 0 Å². The van der Waals surface area contributed by atoms with Gasteiger partial charge in [-0.3, -0.25) is 9.59 Å². The van der Waals surface area contributed by atoms with E-state index in [1.54, 1.807) is 18.2 Å². The maximum atomic E-state index is 11.6. The largest absolute Gasteiger partial charge is 0.465 e. The zero-order chi connectivity index (χ0) is 14.4. The summed E-state index contributed by atoms with van der Waals surface area (Å²) in [6.45, 7) is 0. The quantitative estimate of drug-likeness (QED) is 0.625. The molecule has 0 fully saturated rings. The lowest BCUT2D eigenvalue weighted by molar-refractivity contribution is -0.123. The van der Waals surface area contributed by atoms with E-state index in [0.717, 1.165) is 0 Å². The maximum Gasteiger partial charge on any atom is 0.337 e. The second-order valence-electron chi connectivity index (χ2n) is 3.84. The molecule has 1 aromatic rings. The number of carbonyl (C=O) groups is 3. The van der Waals surface area contributed by atoms with Crippen LogP contribution in [0.25, 0.3) is 0 Å². The van der Waals surface area contributed by atoms with Gasteiger partial charge < -0.3 is 21.5 Å². The van der Waals surface area contributed by atoms with Crippen molar-refractivity contribution in [1.82, 2.24) is 0 Å². The molecule has 1 atom stereocenters. The smallest absolute Gasteiger partial charge is 0.337 e. The highest BCUT2D eigenvalue weighted by atomic mass is 16.5. The summed E-state index contributed by atoms with van der Waals surface area (Å²) in [4.78, 5) is 33.6. The van der Waals surface area contributed by atoms with Gasteiger partial charge in [0.2, 0.25) is 11.8 Å². The number of carbonyl (C=O) groups excluding carboxylic acids is 3. The first-order chi connectivity index (χ1) is 8.93. The maximum absolute atomic E-state index is 11.6. The minimum absolute atomic E-state index is 0.247. The van der Waals surface area contributed by atoms with Crippen LogP contribution in [-0.2, 0) is 14.3 Å². The van der Waals surface area contributed by atoms with Crippen LogP contribution in [0.2, 0.25) is 0 Å². The molecule has 1 rings (SSSR count). The Hall–Kier alpha value is -2.41. The number of ether oxygens (including phenoxy) is 1. The first-order valence-corrected chi connectivity index (χ1v) is 5.47. The molecular formula is C12H15N3O4. The number of esters is 1. The summed E-state index contributed by atoms with van der Waals surface area (Å²) >= 11 is 0. The van der Waals surface area contributed by atoms with Gasteiger partial charge in [0, 0.05) is 5.69 Å². The van der Waals surface area contributed by atoms with E-state index < -0.39 is 23.8 Å². The van der Waals surface area contributed by atoms with Gasteiger partial charge in [0.1, 0.15) is 0 Å². The molecule has 1 aromatic carbocycles. The Bertz CT molecular complexity index is 502. The van der Waals surface area contributed by atoms with Gasteiger partial charge in [-0.05, 0) is 18.2 Å². The summed E-state index contributed by atoms with van der Waals surface area (Å²) in [5, 5.41) is 2.49. The lowest BCUT2D eigenvalue weighted by Crippen LogP contribution is -2.39. The number of nitrogens with one attached hydrogen (secondary N) is 1. The molecule has 1 unspecified atom stereocenters. The van der Waals surface area contributed by atoms with Crippen molar-refractivity contribution in [3.63, 3.8) is 0 Å². The van der Waals surface area contributed by atoms with Crippen LogP contribution in [0.4, 0.5) is 5.69 Å². The third-order valence-electron chi connectivity index (χ3n) is 2.31. The van der Waals surface area contributed by atoms with E-state index in [2.05, 4.69) is 10.1 Å². The number of hydrogen-bond acceptors (Lipinski definition) is 5. The number of methoxy groups -OCH3 is 1. The van der Waals surface area contributed by atoms with Crippen LogP contribution in [-0.4, -0.2) is 30.9 Å². The van der Waals surface area contributed by atoms with E-state index in [1.165, 1.54) is 13.2 Å². The van der Waals surface area contributed by atoms with E-state index in [-0.39, 0.29) is 6.42 Å². The number of nitrogens with two attached hydrogens (primary N) is 2. The SMILES string of the molecule is COC(=O)c1cccc(NC(=O)C(N)CC(N)=O)c1. The van der Waals surface area contributed by atoms with Crippen LogP contribution >= 0.6 is 0 Å². The number of primary amides is 1. The highest BCUT2D eigenvalue weighted by molar-refractivity contribution is 5.98.